The van der Waals surface area contributed by atoms with Crippen LogP contribution in [0.25, 0.3) is 0 Å². The Morgan fingerprint density at radius 3 is 2.33 bits per heavy atom. The van der Waals surface area contributed by atoms with Crippen LogP contribution < -0.4 is 0 Å². The largest absolute Gasteiger partial charge is 0.214 e. The van der Waals surface area contributed by atoms with Gasteiger partial charge in [0.05, 0.1) is 0 Å². The standard InChI is InChI=1S/C8H11S/c1-6-4-5-9-8(3)7(6)2/h4-5H,1-3H3/q+1. The highest BCUT2D eigenvalue weighted by Gasteiger charge is 2.03. The van der Waals surface area contributed by atoms with E-state index in [0.29, 0.717) is 0 Å². The zero-order valence-corrected chi connectivity index (χ0v) is 6.88. The van der Waals surface area contributed by atoms with E-state index >= 15 is 0 Å². The van der Waals surface area contributed by atoms with Crippen molar-refractivity contribution in [3.05, 3.63) is 27.5 Å². The lowest BCUT2D eigenvalue weighted by Crippen LogP contribution is -1.80. The molecule has 0 unspecified atom stereocenters. The maximum absolute atomic E-state index is 2.17. The maximum Gasteiger partial charge on any atom is 0.214 e. The average molecular weight is 139 g/mol. The third-order valence-electron chi connectivity index (χ3n) is 1.68. The molecule has 48 valence electrons. The van der Waals surface area contributed by atoms with Gasteiger partial charge >= 0.3 is 0 Å². The molecule has 0 saturated heterocycles. The minimum absolute atomic E-state index is 1.39. The monoisotopic (exact) mass is 139 g/mol. The summed E-state index contributed by atoms with van der Waals surface area (Å²) in [5.74, 6) is 0. The SMILES string of the molecule is Cc1cc[s+]c(C)c1C. The van der Waals surface area contributed by atoms with Crippen LogP contribution in [0.4, 0.5) is 0 Å². The number of aryl methyl sites for hydroxylation is 2. The second-order valence-corrected chi connectivity index (χ2v) is 3.41. The van der Waals surface area contributed by atoms with Crippen LogP contribution in [0.5, 0.6) is 0 Å². The van der Waals surface area contributed by atoms with E-state index in [4.69, 9.17) is 0 Å². The van der Waals surface area contributed by atoms with Crippen molar-refractivity contribution in [3.8, 4) is 0 Å². The van der Waals surface area contributed by atoms with Gasteiger partial charge in [0.1, 0.15) is 0 Å². The lowest BCUT2D eigenvalue weighted by molar-refractivity contribution is 1.32. The van der Waals surface area contributed by atoms with E-state index in [1.807, 2.05) is 11.3 Å². The molecular formula is C8H11S+. The van der Waals surface area contributed by atoms with Gasteiger partial charge in [0.15, 0.2) is 5.38 Å². The van der Waals surface area contributed by atoms with Crippen molar-refractivity contribution in [1.29, 1.82) is 0 Å². The zero-order chi connectivity index (χ0) is 6.85. The predicted octanol–water partition coefficient (Wildman–Crippen LogP) is 2.95. The molecule has 0 aromatic carbocycles. The fourth-order valence-corrected chi connectivity index (χ4v) is 1.54. The van der Waals surface area contributed by atoms with Gasteiger partial charge in [-0.15, -0.1) is 0 Å². The molecule has 0 N–H and O–H groups in total. The third kappa shape index (κ3) is 1.28. The summed E-state index contributed by atoms with van der Waals surface area (Å²) in [4.78, 5) is 1.43. The highest BCUT2D eigenvalue weighted by atomic mass is 32.1. The Morgan fingerprint density at radius 1 is 1.22 bits per heavy atom. The molecule has 0 radical (unpaired) electrons. The normalized spacial score (nSPS) is 9.67. The van der Waals surface area contributed by atoms with Crippen molar-refractivity contribution < 1.29 is 0 Å². The van der Waals surface area contributed by atoms with Gasteiger partial charge in [0, 0.05) is 12.5 Å². The number of hydrogen-bond acceptors (Lipinski definition) is 0. The average Bonchev–Trinajstić information content (AvgIpc) is 1.83. The minimum Gasteiger partial charge on any atom is -0.0391 e. The Hall–Kier alpha value is -0.430. The van der Waals surface area contributed by atoms with Gasteiger partial charge in [-0.2, -0.15) is 0 Å². The summed E-state index contributed by atoms with van der Waals surface area (Å²) in [6.45, 7) is 6.48. The predicted molar refractivity (Wildman–Crippen MR) is 42.9 cm³/mol. The molecule has 0 aliphatic carbocycles. The number of hydrogen-bond donors (Lipinski definition) is 0. The van der Waals surface area contributed by atoms with E-state index in [1.165, 1.54) is 16.0 Å². The zero-order valence-electron chi connectivity index (χ0n) is 6.06. The van der Waals surface area contributed by atoms with Gasteiger partial charge in [0.25, 0.3) is 0 Å². The Kier molecular flexibility index (Phi) is 1.81. The lowest BCUT2D eigenvalue weighted by atomic mass is 10.2. The van der Waals surface area contributed by atoms with E-state index in [0.717, 1.165) is 0 Å². The molecule has 1 heterocycles. The first-order valence-electron chi connectivity index (χ1n) is 3.06. The summed E-state index contributed by atoms with van der Waals surface area (Å²) in [5.41, 5.74) is 2.83. The van der Waals surface area contributed by atoms with E-state index in [9.17, 15) is 0 Å². The van der Waals surface area contributed by atoms with E-state index in [2.05, 4.69) is 32.2 Å². The van der Waals surface area contributed by atoms with Crippen LogP contribution in [-0.2, 0) is 0 Å². The Labute approximate surface area is 60.2 Å². The van der Waals surface area contributed by atoms with E-state index < -0.39 is 0 Å². The molecule has 9 heavy (non-hydrogen) atoms. The first-order chi connectivity index (χ1) is 4.22. The van der Waals surface area contributed by atoms with Crippen LogP contribution in [0.3, 0.4) is 0 Å². The number of rotatable bonds is 0. The molecule has 1 aromatic rings. The van der Waals surface area contributed by atoms with E-state index in [-0.39, 0.29) is 0 Å². The quantitative estimate of drug-likeness (QED) is 0.485. The van der Waals surface area contributed by atoms with Gasteiger partial charge in [-0.25, -0.2) is 0 Å². The van der Waals surface area contributed by atoms with Crippen molar-refractivity contribution in [2.75, 3.05) is 0 Å². The second-order valence-electron chi connectivity index (χ2n) is 2.28. The van der Waals surface area contributed by atoms with Gasteiger partial charge in [-0.3, -0.25) is 0 Å². The molecular weight excluding hydrogens is 128 g/mol. The molecule has 1 rings (SSSR count). The van der Waals surface area contributed by atoms with Crippen molar-refractivity contribution in [3.63, 3.8) is 0 Å². The second kappa shape index (κ2) is 2.44. The smallest absolute Gasteiger partial charge is 0.0391 e. The summed E-state index contributed by atoms with van der Waals surface area (Å²) in [6, 6.07) is 2.16. The summed E-state index contributed by atoms with van der Waals surface area (Å²) in [6.07, 6.45) is 0. The molecule has 0 atom stereocenters. The maximum atomic E-state index is 2.17. The van der Waals surface area contributed by atoms with Crippen LogP contribution in [0.1, 0.15) is 16.0 Å². The van der Waals surface area contributed by atoms with Crippen molar-refractivity contribution in [2.24, 2.45) is 0 Å². The molecule has 0 bridgehead atoms. The van der Waals surface area contributed by atoms with Gasteiger partial charge in [-0.1, -0.05) is 0 Å². The summed E-state index contributed by atoms with van der Waals surface area (Å²) < 4.78 is 0. The van der Waals surface area contributed by atoms with Crippen molar-refractivity contribution in [1.82, 2.24) is 0 Å². The first kappa shape index (κ1) is 6.69. The topological polar surface area (TPSA) is 0 Å². The van der Waals surface area contributed by atoms with Crippen LogP contribution in [-0.4, -0.2) is 0 Å². The summed E-state index contributed by atoms with van der Waals surface area (Å²) in [5, 5.41) is 2.14. The Balaban J connectivity index is 3.25. The molecule has 0 saturated carbocycles. The summed E-state index contributed by atoms with van der Waals surface area (Å²) >= 11 is 1.81. The fourth-order valence-electron chi connectivity index (χ4n) is 0.729. The molecule has 1 aromatic heterocycles. The molecule has 0 fully saturated rings. The highest BCUT2D eigenvalue weighted by Crippen LogP contribution is 2.15. The molecule has 0 amide bonds. The van der Waals surface area contributed by atoms with Crippen LogP contribution in [0.2, 0.25) is 0 Å². The fraction of sp³-hybridized carbons (Fsp3) is 0.375. The highest BCUT2D eigenvalue weighted by molar-refractivity contribution is 7.09. The minimum atomic E-state index is 1.39. The van der Waals surface area contributed by atoms with E-state index in [1.54, 1.807) is 0 Å². The van der Waals surface area contributed by atoms with Gasteiger partial charge in [0.2, 0.25) is 16.2 Å². The molecule has 1 heteroatoms. The van der Waals surface area contributed by atoms with Crippen LogP contribution in [0.15, 0.2) is 11.4 Å². The molecule has 0 aliphatic heterocycles. The Morgan fingerprint density at radius 2 is 1.89 bits per heavy atom. The Bertz CT molecular complexity index is 196. The molecule has 0 nitrogen and oxygen atoms in total. The third-order valence-corrected chi connectivity index (χ3v) is 2.61. The van der Waals surface area contributed by atoms with Crippen molar-refractivity contribution in [2.45, 2.75) is 20.8 Å². The summed E-state index contributed by atoms with van der Waals surface area (Å²) in [7, 11) is 0. The van der Waals surface area contributed by atoms with Crippen LogP contribution in [0, 0.1) is 20.8 Å². The molecule has 0 aliphatic rings. The van der Waals surface area contributed by atoms with Crippen LogP contribution >= 0.6 is 11.3 Å². The first-order valence-corrected chi connectivity index (χ1v) is 3.94. The van der Waals surface area contributed by atoms with Gasteiger partial charge < -0.3 is 0 Å². The molecule has 0 spiro atoms. The van der Waals surface area contributed by atoms with Crippen molar-refractivity contribution >= 4 is 11.3 Å². The lowest BCUT2D eigenvalue weighted by Gasteiger charge is -1.91. The van der Waals surface area contributed by atoms with Gasteiger partial charge in [-0.05, 0) is 25.5 Å².